The molecule has 16 heavy (non-hydrogen) atoms. The van der Waals surface area contributed by atoms with E-state index in [1.807, 2.05) is 6.07 Å². The van der Waals surface area contributed by atoms with Gasteiger partial charge in [0.2, 0.25) is 0 Å². The Morgan fingerprint density at radius 1 is 1.44 bits per heavy atom. The van der Waals surface area contributed by atoms with Gasteiger partial charge in [0, 0.05) is 17.7 Å². The maximum absolute atomic E-state index is 11.2. The first-order chi connectivity index (χ1) is 7.74. The lowest BCUT2D eigenvalue weighted by atomic mass is 9.85. The van der Waals surface area contributed by atoms with Gasteiger partial charge in [0.25, 0.3) is 0 Å². The molecule has 0 amide bonds. The molecule has 4 heteroatoms. The Labute approximate surface area is 93.3 Å². The van der Waals surface area contributed by atoms with E-state index in [1.165, 1.54) is 19.3 Å². The fourth-order valence-corrected chi connectivity index (χ4v) is 1.95. The third-order valence-electron chi connectivity index (χ3n) is 3.22. The molecule has 0 aromatic carbocycles. The second-order valence-electron chi connectivity index (χ2n) is 4.37. The molecule has 1 fully saturated rings. The molecule has 4 nitrogen and oxygen atoms in total. The van der Waals surface area contributed by atoms with Gasteiger partial charge in [0.05, 0.1) is 0 Å². The summed E-state index contributed by atoms with van der Waals surface area (Å²) in [5.74, 6) is 1.51. The summed E-state index contributed by atoms with van der Waals surface area (Å²) in [5, 5.41) is 4.43. The lowest BCUT2D eigenvalue weighted by molar-refractivity contribution is 0.101. The van der Waals surface area contributed by atoms with Crippen LogP contribution in [-0.2, 0) is 0 Å². The number of hydrogen-bond acceptors (Lipinski definition) is 3. The normalized spacial score (nSPS) is 16.3. The third-order valence-corrected chi connectivity index (χ3v) is 3.22. The average Bonchev–Trinajstić information content (AvgIpc) is 2.56. The highest BCUT2D eigenvalue weighted by atomic mass is 16.1. The van der Waals surface area contributed by atoms with Crippen LogP contribution in [0, 0.1) is 0 Å². The largest absolute Gasteiger partial charge is 0.294 e. The molecule has 0 spiro atoms. The molecule has 82 valence electrons. The predicted molar refractivity (Wildman–Crippen MR) is 59.6 cm³/mol. The average molecular weight is 215 g/mol. The minimum atomic E-state index is 0.0580. The lowest BCUT2D eigenvalue weighted by Gasteiger charge is -2.21. The van der Waals surface area contributed by atoms with Crippen molar-refractivity contribution in [1.82, 2.24) is 14.6 Å². The number of aromatic nitrogens is 3. The van der Waals surface area contributed by atoms with Crippen LogP contribution in [0.1, 0.15) is 48.3 Å². The number of hydrogen-bond donors (Lipinski definition) is 0. The van der Waals surface area contributed by atoms with Crippen molar-refractivity contribution in [3.63, 3.8) is 0 Å². The lowest BCUT2D eigenvalue weighted by Crippen LogP contribution is -2.10. The van der Waals surface area contributed by atoms with E-state index >= 15 is 0 Å². The van der Waals surface area contributed by atoms with Gasteiger partial charge in [-0.05, 0) is 31.9 Å². The summed E-state index contributed by atoms with van der Waals surface area (Å²) in [6.45, 7) is 1.56. The second-order valence-corrected chi connectivity index (χ2v) is 4.37. The Morgan fingerprint density at radius 2 is 2.25 bits per heavy atom. The number of rotatable bonds is 2. The summed E-state index contributed by atoms with van der Waals surface area (Å²) < 4.78 is 1.71. The molecule has 1 aliphatic carbocycles. The van der Waals surface area contributed by atoms with Gasteiger partial charge < -0.3 is 0 Å². The van der Waals surface area contributed by atoms with Crippen LogP contribution in [0.2, 0.25) is 0 Å². The zero-order valence-corrected chi connectivity index (χ0v) is 9.18. The van der Waals surface area contributed by atoms with E-state index in [9.17, 15) is 4.79 Å². The predicted octanol–water partition coefficient (Wildman–Crippen LogP) is 2.20. The summed E-state index contributed by atoms with van der Waals surface area (Å²) in [6, 6.07) is 3.66. The first-order valence-corrected chi connectivity index (χ1v) is 5.61. The molecule has 0 atom stereocenters. The first-order valence-electron chi connectivity index (χ1n) is 5.61. The Hall–Kier alpha value is -1.71. The molecular formula is C12H13N3O. The summed E-state index contributed by atoms with van der Waals surface area (Å²) in [5.41, 5.74) is 1.50. The van der Waals surface area contributed by atoms with Gasteiger partial charge >= 0.3 is 0 Å². The molecule has 0 unspecified atom stereocenters. The van der Waals surface area contributed by atoms with Crippen LogP contribution in [0.3, 0.4) is 0 Å². The quantitative estimate of drug-likeness (QED) is 0.721. The standard InChI is InChI=1S/C12H13N3O/c1-8(16)10-5-6-11-13-12(9-3-2-4-9)14-15(11)7-10/h5-7,9H,2-4H2,1H3. The minimum absolute atomic E-state index is 0.0580. The van der Waals surface area contributed by atoms with Gasteiger partial charge in [-0.25, -0.2) is 9.50 Å². The second kappa shape index (κ2) is 3.40. The van der Waals surface area contributed by atoms with Gasteiger partial charge in [-0.1, -0.05) is 6.42 Å². The van der Waals surface area contributed by atoms with Gasteiger partial charge in [-0.15, -0.1) is 0 Å². The van der Waals surface area contributed by atoms with Gasteiger partial charge in [-0.3, -0.25) is 4.79 Å². The Bertz CT molecular complexity index is 554. The maximum atomic E-state index is 11.2. The monoisotopic (exact) mass is 215 g/mol. The van der Waals surface area contributed by atoms with Crippen molar-refractivity contribution >= 4 is 11.4 Å². The number of carbonyl (C=O) groups excluding carboxylic acids is 1. The fraction of sp³-hybridized carbons (Fsp3) is 0.417. The summed E-state index contributed by atoms with van der Waals surface area (Å²) >= 11 is 0. The summed E-state index contributed by atoms with van der Waals surface area (Å²) in [7, 11) is 0. The smallest absolute Gasteiger partial charge is 0.161 e. The number of pyridine rings is 1. The topological polar surface area (TPSA) is 47.3 Å². The van der Waals surface area contributed by atoms with Gasteiger partial charge in [-0.2, -0.15) is 5.10 Å². The maximum Gasteiger partial charge on any atom is 0.161 e. The van der Waals surface area contributed by atoms with Crippen LogP contribution in [0.25, 0.3) is 5.65 Å². The van der Waals surface area contributed by atoms with Crippen LogP contribution < -0.4 is 0 Å². The van der Waals surface area contributed by atoms with Crippen molar-refractivity contribution in [2.45, 2.75) is 32.1 Å². The molecule has 2 heterocycles. The van der Waals surface area contributed by atoms with E-state index in [1.54, 1.807) is 23.7 Å². The van der Waals surface area contributed by atoms with Gasteiger partial charge in [0.15, 0.2) is 17.3 Å². The molecule has 0 saturated heterocycles. The van der Waals surface area contributed by atoms with Crippen LogP contribution in [0.5, 0.6) is 0 Å². The first kappa shape index (κ1) is 9.51. The van der Waals surface area contributed by atoms with Crippen molar-refractivity contribution in [2.24, 2.45) is 0 Å². The van der Waals surface area contributed by atoms with E-state index < -0.39 is 0 Å². The number of carbonyl (C=O) groups is 1. The van der Waals surface area contributed by atoms with Crippen LogP contribution in [0.15, 0.2) is 18.3 Å². The summed E-state index contributed by atoms with van der Waals surface area (Å²) in [6.07, 6.45) is 5.42. The van der Waals surface area contributed by atoms with Gasteiger partial charge in [0.1, 0.15) is 0 Å². The van der Waals surface area contributed by atoms with Crippen molar-refractivity contribution in [1.29, 1.82) is 0 Å². The highest BCUT2D eigenvalue weighted by Crippen LogP contribution is 2.34. The Balaban J connectivity index is 2.06. The van der Waals surface area contributed by atoms with E-state index in [0.29, 0.717) is 11.5 Å². The van der Waals surface area contributed by atoms with E-state index in [2.05, 4.69) is 10.1 Å². The Morgan fingerprint density at radius 3 is 2.88 bits per heavy atom. The molecule has 3 rings (SSSR count). The molecule has 1 aliphatic rings. The molecule has 2 aromatic heterocycles. The Kier molecular flexibility index (Phi) is 2.02. The molecule has 0 N–H and O–H groups in total. The van der Waals surface area contributed by atoms with E-state index in [0.717, 1.165) is 11.5 Å². The summed E-state index contributed by atoms with van der Waals surface area (Å²) in [4.78, 5) is 15.7. The number of ketones is 1. The SMILES string of the molecule is CC(=O)c1ccc2nc(C3CCC3)nn2c1. The number of nitrogens with zero attached hydrogens (tertiary/aromatic N) is 3. The fourth-order valence-electron chi connectivity index (χ4n) is 1.95. The van der Waals surface area contributed by atoms with E-state index in [4.69, 9.17) is 0 Å². The third kappa shape index (κ3) is 1.41. The molecule has 2 aromatic rings. The molecule has 0 radical (unpaired) electrons. The van der Waals surface area contributed by atoms with Crippen LogP contribution in [0.4, 0.5) is 0 Å². The van der Waals surface area contributed by atoms with Crippen molar-refractivity contribution in [3.05, 3.63) is 29.7 Å². The molecule has 1 saturated carbocycles. The van der Waals surface area contributed by atoms with Crippen molar-refractivity contribution in [3.8, 4) is 0 Å². The number of Topliss-reactive ketones (excluding diaryl/α,β-unsaturated/α-hetero) is 1. The molecule has 0 aliphatic heterocycles. The zero-order chi connectivity index (χ0) is 11.1. The number of fused-ring (bicyclic) bond motifs is 1. The van der Waals surface area contributed by atoms with Crippen molar-refractivity contribution < 1.29 is 4.79 Å². The van der Waals surface area contributed by atoms with E-state index in [-0.39, 0.29) is 5.78 Å². The molecule has 0 bridgehead atoms. The zero-order valence-electron chi connectivity index (χ0n) is 9.18. The molecular weight excluding hydrogens is 202 g/mol. The minimum Gasteiger partial charge on any atom is -0.294 e. The van der Waals surface area contributed by atoms with Crippen LogP contribution >= 0.6 is 0 Å². The van der Waals surface area contributed by atoms with Crippen LogP contribution in [-0.4, -0.2) is 20.4 Å². The highest BCUT2D eigenvalue weighted by molar-refractivity contribution is 5.93. The van der Waals surface area contributed by atoms with Crippen molar-refractivity contribution in [2.75, 3.05) is 0 Å². The highest BCUT2D eigenvalue weighted by Gasteiger charge is 2.23.